The summed E-state index contributed by atoms with van der Waals surface area (Å²) in [5.41, 5.74) is 2.80. The van der Waals surface area contributed by atoms with Gasteiger partial charge in [-0.1, -0.05) is 12.1 Å². The third-order valence-electron chi connectivity index (χ3n) is 4.54. The molecule has 0 fully saturated rings. The number of benzene rings is 3. The predicted octanol–water partition coefficient (Wildman–Crippen LogP) is 3.60. The minimum absolute atomic E-state index is 0.160. The number of anilines is 2. The van der Waals surface area contributed by atoms with E-state index in [9.17, 15) is 14.4 Å². The molecule has 0 unspecified atom stereocenters. The molecule has 2 amide bonds. The second kappa shape index (κ2) is 8.00. The maximum atomic E-state index is 12.7. The van der Waals surface area contributed by atoms with E-state index in [0.717, 1.165) is 0 Å². The van der Waals surface area contributed by atoms with Crippen LogP contribution >= 0.6 is 0 Å². The molecule has 3 aromatic carbocycles. The number of nitrogens with zero attached hydrogens (tertiary/aromatic N) is 2. The van der Waals surface area contributed by atoms with Crippen LogP contribution in [0.4, 0.5) is 11.4 Å². The van der Waals surface area contributed by atoms with E-state index in [2.05, 4.69) is 15.6 Å². The van der Waals surface area contributed by atoms with Crippen molar-refractivity contribution in [2.24, 2.45) is 0 Å². The first kappa shape index (κ1) is 19.1. The molecule has 1 heterocycles. The fraction of sp³-hybridized carbons (Fsp3) is 0.0435. The normalized spacial score (nSPS) is 10.6. The first-order chi connectivity index (χ1) is 14.5. The van der Waals surface area contributed by atoms with E-state index in [-0.39, 0.29) is 17.4 Å². The van der Waals surface area contributed by atoms with Gasteiger partial charge in [0, 0.05) is 23.9 Å². The lowest BCUT2D eigenvalue weighted by atomic mass is 10.1. The minimum Gasteiger partial charge on any atom is -0.326 e. The third-order valence-corrected chi connectivity index (χ3v) is 4.54. The molecule has 0 spiro atoms. The molecule has 1 aromatic heterocycles. The van der Waals surface area contributed by atoms with Crippen molar-refractivity contribution in [2.75, 3.05) is 10.6 Å². The zero-order chi connectivity index (χ0) is 21.1. The van der Waals surface area contributed by atoms with Crippen LogP contribution in [0.2, 0.25) is 0 Å². The molecule has 30 heavy (non-hydrogen) atoms. The third kappa shape index (κ3) is 3.95. The second-order valence-corrected chi connectivity index (χ2v) is 6.70. The van der Waals surface area contributed by atoms with Gasteiger partial charge in [0.2, 0.25) is 5.91 Å². The summed E-state index contributed by atoms with van der Waals surface area (Å²) >= 11 is 0. The number of aromatic nitrogens is 2. The fourth-order valence-electron chi connectivity index (χ4n) is 3.07. The molecule has 0 saturated heterocycles. The van der Waals surface area contributed by atoms with Crippen molar-refractivity contribution < 1.29 is 9.59 Å². The molecule has 2 N–H and O–H groups in total. The van der Waals surface area contributed by atoms with E-state index < -0.39 is 0 Å². The molecule has 7 heteroatoms. The predicted molar refractivity (Wildman–Crippen MR) is 116 cm³/mol. The topological polar surface area (TPSA) is 93.1 Å². The van der Waals surface area contributed by atoms with Crippen LogP contribution in [0.15, 0.2) is 83.9 Å². The highest BCUT2D eigenvalue weighted by Crippen LogP contribution is 2.16. The van der Waals surface area contributed by atoms with Crippen LogP contribution in [0.25, 0.3) is 16.6 Å². The molecule has 0 radical (unpaired) electrons. The van der Waals surface area contributed by atoms with Crippen LogP contribution in [-0.2, 0) is 4.79 Å². The molecule has 0 aliphatic carbocycles. The Morgan fingerprint density at radius 3 is 2.13 bits per heavy atom. The highest BCUT2D eigenvalue weighted by Gasteiger charge is 2.09. The van der Waals surface area contributed by atoms with Crippen LogP contribution in [0.3, 0.4) is 0 Å². The zero-order valence-electron chi connectivity index (χ0n) is 16.1. The average Bonchev–Trinajstić information content (AvgIpc) is 2.75. The number of amides is 2. The summed E-state index contributed by atoms with van der Waals surface area (Å²) in [5, 5.41) is 6.00. The zero-order valence-corrected chi connectivity index (χ0v) is 16.1. The van der Waals surface area contributed by atoms with Crippen molar-refractivity contribution >= 4 is 34.1 Å². The van der Waals surface area contributed by atoms with Crippen LogP contribution < -0.4 is 16.2 Å². The molecule has 4 aromatic rings. The number of hydrogen-bond donors (Lipinski definition) is 2. The molecular weight excluding hydrogens is 380 g/mol. The van der Waals surface area contributed by atoms with Gasteiger partial charge in [-0.25, -0.2) is 4.98 Å². The molecule has 7 nitrogen and oxygen atoms in total. The Morgan fingerprint density at radius 1 is 0.833 bits per heavy atom. The van der Waals surface area contributed by atoms with Crippen LogP contribution in [-0.4, -0.2) is 21.4 Å². The van der Waals surface area contributed by atoms with Gasteiger partial charge in [0.15, 0.2) is 0 Å². The molecule has 0 atom stereocenters. The first-order valence-corrected chi connectivity index (χ1v) is 9.27. The Hall–Kier alpha value is -4.26. The summed E-state index contributed by atoms with van der Waals surface area (Å²) in [6.07, 6.45) is 1.48. The van der Waals surface area contributed by atoms with Crippen molar-refractivity contribution in [1.29, 1.82) is 0 Å². The number of para-hydroxylation sites is 1. The Kier molecular flexibility index (Phi) is 5.09. The standard InChI is InChI=1S/C23H18N4O3/c1-15(28)25-17-8-10-18(11-9-17)26-22(29)16-6-12-19(13-7-16)27-14-24-21-5-3-2-4-20(21)23(27)30/h2-14H,1H3,(H,25,28)(H,26,29). The number of hydrogen-bond acceptors (Lipinski definition) is 4. The molecule has 0 saturated carbocycles. The molecule has 0 aliphatic heterocycles. The van der Waals surface area contributed by atoms with Crippen LogP contribution in [0.5, 0.6) is 0 Å². The Morgan fingerprint density at radius 2 is 1.47 bits per heavy atom. The highest BCUT2D eigenvalue weighted by molar-refractivity contribution is 6.04. The van der Waals surface area contributed by atoms with Gasteiger partial charge >= 0.3 is 0 Å². The van der Waals surface area contributed by atoms with Gasteiger partial charge in [-0.2, -0.15) is 0 Å². The van der Waals surface area contributed by atoms with Crippen molar-refractivity contribution in [2.45, 2.75) is 6.92 Å². The quantitative estimate of drug-likeness (QED) is 0.549. The van der Waals surface area contributed by atoms with E-state index in [1.165, 1.54) is 17.8 Å². The summed E-state index contributed by atoms with van der Waals surface area (Å²) in [5.74, 6) is -0.439. The first-order valence-electron chi connectivity index (χ1n) is 9.27. The molecule has 4 rings (SSSR count). The van der Waals surface area contributed by atoms with E-state index >= 15 is 0 Å². The molecule has 148 valence electrons. The summed E-state index contributed by atoms with van der Waals surface area (Å²) in [6.45, 7) is 1.43. The number of carbonyl (C=O) groups is 2. The average molecular weight is 398 g/mol. The van der Waals surface area contributed by atoms with E-state index in [0.29, 0.717) is 33.5 Å². The highest BCUT2D eigenvalue weighted by atomic mass is 16.2. The maximum Gasteiger partial charge on any atom is 0.265 e. The van der Waals surface area contributed by atoms with Gasteiger partial charge in [0.1, 0.15) is 6.33 Å². The molecule has 0 bridgehead atoms. The Labute approximate surface area is 172 Å². The maximum absolute atomic E-state index is 12.7. The summed E-state index contributed by atoms with van der Waals surface area (Å²) in [6, 6.07) is 20.7. The number of carbonyl (C=O) groups excluding carboxylic acids is 2. The van der Waals surface area contributed by atoms with Crippen molar-refractivity contribution in [3.63, 3.8) is 0 Å². The smallest absolute Gasteiger partial charge is 0.265 e. The van der Waals surface area contributed by atoms with Gasteiger partial charge in [-0.3, -0.25) is 19.0 Å². The van der Waals surface area contributed by atoms with Gasteiger partial charge in [-0.05, 0) is 60.7 Å². The number of fused-ring (bicyclic) bond motifs is 1. The molecule has 0 aliphatic rings. The SMILES string of the molecule is CC(=O)Nc1ccc(NC(=O)c2ccc(-n3cnc4ccccc4c3=O)cc2)cc1. The Bertz CT molecular complexity index is 1290. The van der Waals surface area contributed by atoms with Crippen molar-refractivity contribution in [3.05, 3.63) is 95.0 Å². The summed E-state index contributed by atoms with van der Waals surface area (Å²) < 4.78 is 1.45. The van der Waals surface area contributed by atoms with Gasteiger partial charge in [0.05, 0.1) is 16.6 Å². The van der Waals surface area contributed by atoms with E-state index in [1.54, 1.807) is 66.7 Å². The van der Waals surface area contributed by atoms with Gasteiger partial charge < -0.3 is 10.6 Å². The van der Waals surface area contributed by atoms with Gasteiger partial charge in [0.25, 0.3) is 11.5 Å². The van der Waals surface area contributed by atoms with E-state index in [4.69, 9.17) is 0 Å². The summed E-state index contributed by atoms with van der Waals surface area (Å²) in [7, 11) is 0. The lowest BCUT2D eigenvalue weighted by molar-refractivity contribution is -0.114. The minimum atomic E-state index is -0.280. The van der Waals surface area contributed by atoms with Crippen molar-refractivity contribution in [1.82, 2.24) is 9.55 Å². The lowest BCUT2D eigenvalue weighted by Gasteiger charge is -2.09. The fourth-order valence-corrected chi connectivity index (χ4v) is 3.07. The summed E-state index contributed by atoms with van der Waals surface area (Å²) in [4.78, 5) is 40.6. The van der Waals surface area contributed by atoms with Crippen molar-refractivity contribution in [3.8, 4) is 5.69 Å². The second-order valence-electron chi connectivity index (χ2n) is 6.70. The Balaban J connectivity index is 1.52. The largest absolute Gasteiger partial charge is 0.326 e. The molecular formula is C23H18N4O3. The van der Waals surface area contributed by atoms with Crippen LogP contribution in [0, 0.1) is 0 Å². The number of nitrogens with one attached hydrogen (secondary N) is 2. The van der Waals surface area contributed by atoms with Crippen LogP contribution in [0.1, 0.15) is 17.3 Å². The van der Waals surface area contributed by atoms with Gasteiger partial charge in [-0.15, -0.1) is 0 Å². The number of rotatable bonds is 4. The monoisotopic (exact) mass is 398 g/mol. The van der Waals surface area contributed by atoms with E-state index in [1.807, 2.05) is 6.07 Å². The lowest BCUT2D eigenvalue weighted by Crippen LogP contribution is -2.19.